The van der Waals surface area contributed by atoms with E-state index in [4.69, 9.17) is 5.26 Å². The van der Waals surface area contributed by atoms with Crippen molar-refractivity contribution in [3.63, 3.8) is 0 Å². The van der Waals surface area contributed by atoms with Crippen molar-refractivity contribution in [3.05, 3.63) is 54.1 Å². The summed E-state index contributed by atoms with van der Waals surface area (Å²) >= 11 is 0. The van der Waals surface area contributed by atoms with Gasteiger partial charge in [0.25, 0.3) is 0 Å². The first-order valence-corrected chi connectivity index (χ1v) is 6.18. The summed E-state index contributed by atoms with van der Waals surface area (Å²) in [4.78, 5) is 4.40. The molecule has 2 aromatic rings. The lowest BCUT2D eigenvalue weighted by molar-refractivity contribution is 0.549. The number of imidazole rings is 1. The Morgan fingerprint density at radius 1 is 1.28 bits per heavy atom. The van der Waals surface area contributed by atoms with E-state index in [1.807, 2.05) is 30.6 Å². The molecule has 0 bridgehead atoms. The normalized spacial score (nSPS) is 12.3. The molecule has 3 heteroatoms. The van der Waals surface area contributed by atoms with Crippen LogP contribution in [0.3, 0.4) is 0 Å². The second-order valence-corrected chi connectivity index (χ2v) is 4.64. The molecular formula is C15H17N3. The minimum atomic E-state index is 0.0519. The molecule has 0 aliphatic heterocycles. The first-order valence-electron chi connectivity index (χ1n) is 6.18. The summed E-state index contributed by atoms with van der Waals surface area (Å²) in [5.41, 5.74) is 1.15. The highest BCUT2D eigenvalue weighted by molar-refractivity contribution is 5.22. The van der Waals surface area contributed by atoms with Gasteiger partial charge >= 0.3 is 0 Å². The number of nitriles is 1. The third-order valence-corrected chi connectivity index (χ3v) is 3.02. The summed E-state index contributed by atoms with van der Waals surface area (Å²) in [7, 11) is 0. The molecule has 0 saturated heterocycles. The average molecular weight is 239 g/mol. The fourth-order valence-corrected chi connectivity index (χ4v) is 2.17. The van der Waals surface area contributed by atoms with Crippen molar-refractivity contribution in [2.45, 2.75) is 32.2 Å². The van der Waals surface area contributed by atoms with Crippen LogP contribution in [0.15, 0.2) is 42.7 Å². The minimum Gasteiger partial charge on any atom is -0.326 e. The third-order valence-electron chi connectivity index (χ3n) is 3.02. The van der Waals surface area contributed by atoms with Gasteiger partial charge in [0.2, 0.25) is 0 Å². The zero-order chi connectivity index (χ0) is 13.0. The predicted octanol–water partition coefficient (Wildman–Crippen LogP) is 3.51. The molecule has 0 saturated carbocycles. The molecule has 0 radical (unpaired) electrons. The lowest BCUT2D eigenvalue weighted by atomic mass is 10.0. The Hall–Kier alpha value is -2.08. The predicted molar refractivity (Wildman–Crippen MR) is 71.1 cm³/mol. The van der Waals surface area contributed by atoms with Gasteiger partial charge in [-0.15, -0.1) is 0 Å². The van der Waals surface area contributed by atoms with Crippen LogP contribution in [0, 0.1) is 11.3 Å². The molecular weight excluding hydrogens is 222 g/mol. The molecule has 2 rings (SSSR count). The van der Waals surface area contributed by atoms with Crippen molar-refractivity contribution in [3.8, 4) is 6.07 Å². The van der Waals surface area contributed by atoms with Crippen LogP contribution >= 0.6 is 0 Å². The van der Waals surface area contributed by atoms with Crippen molar-refractivity contribution in [1.82, 2.24) is 9.55 Å². The molecule has 1 aromatic carbocycles. The Bertz CT molecular complexity index is 534. The standard InChI is InChI=1S/C15H17N3/c1-12(2)15-17-10-11-18(15)14(8-9-16)13-6-4-3-5-7-13/h3-7,10-12,14H,8H2,1-2H3. The van der Waals surface area contributed by atoms with Gasteiger partial charge in [-0.3, -0.25) is 0 Å². The number of hydrogen-bond donors (Lipinski definition) is 0. The fraction of sp³-hybridized carbons (Fsp3) is 0.333. The van der Waals surface area contributed by atoms with Crippen molar-refractivity contribution in [2.24, 2.45) is 0 Å². The summed E-state index contributed by atoms with van der Waals surface area (Å²) < 4.78 is 2.11. The molecule has 92 valence electrons. The van der Waals surface area contributed by atoms with E-state index in [-0.39, 0.29) is 6.04 Å². The van der Waals surface area contributed by atoms with Crippen LogP contribution < -0.4 is 0 Å². The van der Waals surface area contributed by atoms with Gasteiger partial charge in [0.05, 0.1) is 18.5 Å². The number of nitrogens with zero attached hydrogens (tertiary/aromatic N) is 3. The number of hydrogen-bond acceptors (Lipinski definition) is 2. The van der Waals surface area contributed by atoms with Gasteiger partial charge in [0, 0.05) is 18.3 Å². The number of aromatic nitrogens is 2. The second-order valence-electron chi connectivity index (χ2n) is 4.64. The highest BCUT2D eigenvalue weighted by Gasteiger charge is 2.17. The molecule has 0 amide bonds. The van der Waals surface area contributed by atoms with E-state index in [0.717, 1.165) is 11.4 Å². The van der Waals surface area contributed by atoms with Crippen LogP contribution in [0.1, 0.15) is 43.6 Å². The summed E-state index contributed by atoms with van der Waals surface area (Å²) in [6.45, 7) is 4.24. The van der Waals surface area contributed by atoms with Gasteiger partial charge in [-0.25, -0.2) is 4.98 Å². The van der Waals surface area contributed by atoms with Crippen LogP contribution in [0.25, 0.3) is 0 Å². The third kappa shape index (κ3) is 2.43. The Balaban J connectivity index is 2.43. The molecule has 1 unspecified atom stereocenters. The van der Waals surface area contributed by atoms with Crippen molar-refractivity contribution in [2.75, 3.05) is 0 Å². The summed E-state index contributed by atoms with van der Waals surface area (Å²) in [5, 5.41) is 9.04. The lowest BCUT2D eigenvalue weighted by Crippen LogP contribution is -2.13. The zero-order valence-electron chi connectivity index (χ0n) is 10.7. The van der Waals surface area contributed by atoms with Crippen molar-refractivity contribution < 1.29 is 0 Å². The molecule has 1 aromatic heterocycles. The van der Waals surface area contributed by atoms with E-state index >= 15 is 0 Å². The molecule has 1 heterocycles. The van der Waals surface area contributed by atoms with E-state index in [1.54, 1.807) is 0 Å². The van der Waals surface area contributed by atoms with Crippen LogP contribution in [0.2, 0.25) is 0 Å². The van der Waals surface area contributed by atoms with E-state index in [2.05, 4.69) is 41.6 Å². The largest absolute Gasteiger partial charge is 0.326 e. The van der Waals surface area contributed by atoms with Gasteiger partial charge in [0.15, 0.2) is 0 Å². The Morgan fingerprint density at radius 3 is 2.61 bits per heavy atom. The monoisotopic (exact) mass is 239 g/mol. The maximum Gasteiger partial charge on any atom is 0.111 e. The first kappa shape index (κ1) is 12.4. The lowest BCUT2D eigenvalue weighted by Gasteiger charge is -2.20. The maximum atomic E-state index is 9.04. The van der Waals surface area contributed by atoms with E-state index < -0.39 is 0 Å². The average Bonchev–Trinajstić information content (AvgIpc) is 2.86. The quantitative estimate of drug-likeness (QED) is 0.819. The highest BCUT2D eigenvalue weighted by atomic mass is 15.1. The van der Waals surface area contributed by atoms with E-state index in [9.17, 15) is 0 Å². The van der Waals surface area contributed by atoms with Gasteiger partial charge < -0.3 is 4.57 Å². The van der Waals surface area contributed by atoms with E-state index in [1.165, 1.54) is 0 Å². The Morgan fingerprint density at radius 2 is 2.00 bits per heavy atom. The second kappa shape index (κ2) is 5.50. The zero-order valence-corrected chi connectivity index (χ0v) is 10.7. The number of benzene rings is 1. The van der Waals surface area contributed by atoms with Crippen LogP contribution in [0.4, 0.5) is 0 Å². The SMILES string of the molecule is CC(C)c1nccn1C(CC#N)c1ccccc1. The van der Waals surface area contributed by atoms with Gasteiger partial charge in [-0.2, -0.15) is 5.26 Å². The van der Waals surface area contributed by atoms with Crippen molar-refractivity contribution in [1.29, 1.82) is 5.26 Å². The van der Waals surface area contributed by atoms with E-state index in [0.29, 0.717) is 12.3 Å². The smallest absolute Gasteiger partial charge is 0.111 e. The molecule has 0 N–H and O–H groups in total. The minimum absolute atomic E-state index is 0.0519. The summed E-state index contributed by atoms with van der Waals surface area (Å²) in [5.74, 6) is 1.38. The van der Waals surface area contributed by atoms with Gasteiger partial charge in [0.1, 0.15) is 5.82 Å². The molecule has 0 fully saturated rings. The molecule has 0 aliphatic carbocycles. The number of rotatable bonds is 4. The highest BCUT2D eigenvalue weighted by Crippen LogP contribution is 2.25. The first-order chi connectivity index (χ1) is 8.74. The topological polar surface area (TPSA) is 41.6 Å². The van der Waals surface area contributed by atoms with Gasteiger partial charge in [-0.1, -0.05) is 44.2 Å². The molecule has 1 atom stereocenters. The fourth-order valence-electron chi connectivity index (χ4n) is 2.17. The molecule has 0 aliphatic rings. The van der Waals surface area contributed by atoms with Crippen LogP contribution in [-0.4, -0.2) is 9.55 Å². The van der Waals surface area contributed by atoms with Crippen molar-refractivity contribution >= 4 is 0 Å². The molecule has 18 heavy (non-hydrogen) atoms. The Kier molecular flexibility index (Phi) is 3.78. The summed E-state index contributed by atoms with van der Waals surface area (Å²) in [6.07, 6.45) is 4.23. The maximum absolute atomic E-state index is 9.04. The Labute approximate surface area is 108 Å². The summed E-state index contributed by atoms with van der Waals surface area (Å²) in [6, 6.07) is 12.4. The van der Waals surface area contributed by atoms with Gasteiger partial charge in [-0.05, 0) is 5.56 Å². The molecule has 3 nitrogen and oxygen atoms in total. The van der Waals surface area contributed by atoms with Crippen LogP contribution in [0.5, 0.6) is 0 Å². The van der Waals surface area contributed by atoms with Crippen LogP contribution in [-0.2, 0) is 0 Å². The molecule has 0 spiro atoms.